The Morgan fingerprint density at radius 2 is 1.35 bits per heavy atom. The van der Waals surface area contributed by atoms with E-state index in [4.69, 9.17) is 4.74 Å². The van der Waals surface area contributed by atoms with Gasteiger partial charge in [0.25, 0.3) is 5.91 Å². The van der Waals surface area contributed by atoms with Crippen LogP contribution in [0, 0.1) is 29.1 Å². The van der Waals surface area contributed by atoms with Crippen LogP contribution in [0.4, 0.5) is 39.0 Å². The molecular weight excluding hydrogens is 457 g/mol. The first-order valence-electron chi connectivity index (χ1n) is 10.4. The molecule has 0 saturated carbocycles. The van der Waals surface area contributed by atoms with Gasteiger partial charge in [-0.2, -0.15) is 0 Å². The first-order valence-corrected chi connectivity index (χ1v) is 10.4. The van der Waals surface area contributed by atoms with E-state index in [2.05, 4.69) is 5.32 Å². The minimum absolute atomic E-state index is 0.0622. The fourth-order valence-corrected chi connectivity index (χ4v) is 3.78. The van der Waals surface area contributed by atoms with Crippen LogP contribution >= 0.6 is 0 Å². The number of carbonyl (C=O) groups is 1. The van der Waals surface area contributed by atoms with Gasteiger partial charge in [0.1, 0.15) is 11.4 Å². The topological polar surface area (TPSA) is 44.8 Å². The second kappa shape index (κ2) is 9.58. The van der Waals surface area contributed by atoms with Crippen LogP contribution in [0.1, 0.15) is 10.4 Å². The average molecular weight is 477 g/mol. The molecular formula is C24H20F5N3O2. The van der Waals surface area contributed by atoms with Gasteiger partial charge < -0.3 is 19.9 Å². The highest BCUT2D eigenvalue weighted by Gasteiger charge is 2.30. The van der Waals surface area contributed by atoms with Gasteiger partial charge in [0.05, 0.1) is 7.11 Å². The molecule has 34 heavy (non-hydrogen) atoms. The highest BCUT2D eigenvalue weighted by Crippen LogP contribution is 2.31. The van der Waals surface area contributed by atoms with Crippen LogP contribution in [0.15, 0.2) is 48.5 Å². The van der Waals surface area contributed by atoms with E-state index in [9.17, 15) is 26.7 Å². The monoisotopic (exact) mass is 477 g/mol. The predicted octanol–water partition coefficient (Wildman–Crippen LogP) is 4.97. The molecule has 4 rings (SSSR count). The van der Waals surface area contributed by atoms with Crippen molar-refractivity contribution < 1.29 is 31.5 Å². The van der Waals surface area contributed by atoms with E-state index < -0.39 is 34.8 Å². The molecule has 0 radical (unpaired) electrons. The van der Waals surface area contributed by atoms with Crippen molar-refractivity contribution in [3.05, 3.63) is 83.2 Å². The lowest BCUT2D eigenvalue weighted by atomic mass is 10.1. The minimum atomic E-state index is -2.17. The first-order chi connectivity index (χ1) is 16.3. The number of halogens is 5. The third-order valence-electron chi connectivity index (χ3n) is 5.60. The Hall–Kier alpha value is -3.82. The normalized spacial score (nSPS) is 13.7. The molecule has 1 aliphatic rings. The number of hydrogen-bond donors (Lipinski definition) is 1. The molecule has 1 amide bonds. The number of ether oxygens (including phenoxy) is 1. The van der Waals surface area contributed by atoms with Crippen molar-refractivity contribution in [3.8, 4) is 5.75 Å². The standard InChI is InChI=1S/C24H20F5N3O2/c1-34-17-4-2-3-14(13-17)24(33)30-15-5-7-16(8-6-15)31-9-11-32(12-10-31)23-21(28)19(26)18(25)20(27)22(23)29/h2-8,13H,9-12H2,1H3,(H,30,33). The fourth-order valence-electron chi connectivity index (χ4n) is 3.78. The largest absolute Gasteiger partial charge is 0.497 e. The van der Waals surface area contributed by atoms with Crippen LogP contribution in [0.3, 0.4) is 0 Å². The maximum atomic E-state index is 14.1. The van der Waals surface area contributed by atoms with E-state index in [1.54, 1.807) is 48.5 Å². The third kappa shape index (κ3) is 4.48. The van der Waals surface area contributed by atoms with E-state index in [0.717, 1.165) is 10.6 Å². The molecule has 178 valence electrons. The molecule has 5 nitrogen and oxygen atoms in total. The zero-order valence-electron chi connectivity index (χ0n) is 18.0. The summed E-state index contributed by atoms with van der Waals surface area (Å²) in [5, 5.41) is 2.79. The predicted molar refractivity (Wildman–Crippen MR) is 118 cm³/mol. The van der Waals surface area contributed by atoms with E-state index in [0.29, 0.717) is 30.1 Å². The molecule has 0 aliphatic carbocycles. The Kier molecular flexibility index (Phi) is 6.58. The molecule has 0 atom stereocenters. The van der Waals surface area contributed by atoms with Gasteiger partial charge >= 0.3 is 0 Å². The molecule has 0 aromatic heterocycles. The van der Waals surface area contributed by atoms with Crippen LogP contribution in [-0.2, 0) is 0 Å². The Bertz CT molecular complexity index is 1180. The van der Waals surface area contributed by atoms with Gasteiger partial charge in [-0.05, 0) is 42.5 Å². The summed E-state index contributed by atoms with van der Waals surface area (Å²) in [6, 6.07) is 13.7. The molecule has 3 aromatic carbocycles. The SMILES string of the molecule is COc1cccc(C(=O)Nc2ccc(N3CCN(c4c(F)c(F)c(F)c(F)c4F)CC3)cc2)c1. The lowest BCUT2D eigenvalue weighted by Gasteiger charge is -2.37. The summed E-state index contributed by atoms with van der Waals surface area (Å²) in [5.74, 6) is -9.49. The highest BCUT2D eigenvalue weighted by atomic mass is 19.2. The maximum absolute atomic E-state index is 14.1. The average Bonchev–Trinajstić information content (AvgIpc) is 2.87. The summed E-state index contributed by atoms with van der Waals surface area (Å²) in [6.45, 7) is 0.726. The molecule has 1 saturated heterocycles. The number of nitrogens with one attached hydrogen (secondary N) is 1. The van der Waals surface area contributed by atoms with Crippen LogP contribution in [0.5, 0.6) is 5.75 Å². The van der Waals surface area contributed by atoms with Crippen LogP contribution in [0.2, 0.25) is 0 Å². The first kappa shape index (κ1) is 23.3. The quantitative estimate of drug-likeness (QED) is 0.320. The van der Waals surface area contributed by atoms with Gasteiger partial charge in [0.2, 0.25) is 5.82 Å². The van der Waals surface area contributed by atoms with Gasteiger partial charge in [-0.25, -0.2) is 22.0 Å². The molecule has 0 spiro atoms. The summed E-state index contributed by atoms with van der Waals surface area (Å²) in [6.07, 6.45) is 0. The number of piperazine rings is 1. The van der Waals surface area contributed by atoms with Crippen molar-refractivity contribution in [1.29, 1.82) is 0 Å². The van der Waals surface area contributed by atoms with Crippen LogP contribution in [-0.4, -0.2) is 39.2 Å². The third-order valence-corrected chi connectivity index (χ3v) is 5.60. The maximum Gasteiger partial charge on any atom is 0.255 e. The van der Waals surface area contributed by atoms with Crippen LogP contribution in [0.25, 0.3) is 0 Å². The van der Waals surface area contributed by atoms with Gasteiger partial charge in [-0.15, -0.1) is 0 Å². The van der Waals surface area contributed by atoms with Crippen molar-refractivity contribution in [1.82, 2.24) is 0 Å². The number of anilines is 3. The smallest absolute Gasteiger partial charge is 0.255 e. The Morgan fingerprint density at radius 3 is 1.94 bits per heavy atom. The zero-order valence-corrected chi connectivity index (χ0v) is 18.0. The number of amides is 1. The minimum Gasteiger partial charge on any atom is -0.497 e. The molecule has 0 bridgehead atoms. The van der Waals surface area contributed by atoms with Gasteiger partial charge in [-0.3, -0.25) is 4.79 Å². The number of methoxy groups -OCH3 is 1. The number of benzene rings is 3. The van der Waals surface area contributed by atoms with Crippen molar-refractivity contribution in [2.45, 2.75) is 0 Å². The summed E-state index contributed by atoms with van der Waals surface area (Å²) >= 11 is 0. The molecule has 10 heteroatoms. The van der Waals surface area contributed by atoms with Crippen molar-refractivity contribution in [3.63, 3.8) is 0 Å². The lowest BCUT2D eigenvalue weighted by Crippen LogP contribution is -2.47. The Balaban J connectivity index is 1.41. The molecule has 1 aliphatic heterocycles. The number of nitrogens with zero attached hydrogens (tertiary/aromatic N) is 2. The second-order valence-electron chi connectivity index (χ2n) is 7.63. The lowest BCUT2D eigenvalue weighted by molar-refractivity contribution is 0.102. The van der Waals surface area contributed by atoms with Crippen molar-refractivity contribution >= 4 is 23.0 Å². The summed E-state index contributed by atoms with van der Waals surface area (Å²) < 4.78 is 73.7. The van der Waals surface area contributed by atoms with Gasteiger partial charge in [0, 0.05) is 43.1 Å². The Morgan fingerprint density at radius 1 is 0.794 bits per heavy atom. The van der Waals surface area contributed by atoms with E-state index in [-0.39, 0.29) is 19.0 Å². The summed E-state index contributed by atoms with van der Waals surface area (Å²) in [5.41, 5.74) is 0.882. The summed E-state index contributed by atoms with van der Waals surface area (Å²) in [4.78, 5) is 15.5. The molecule has 0 unspecified atom stereocenters. The van der Waals surface area contributed by atoms with Crippen LogP contribution < -0.4 is 19.9 Å². The number of carbonyl (C=O) groups excluding carboxylic acids is 1. The zero-order chi connectivity index (χ0) is 24.4. The van der Waals surface area contributed by atoms with E-state index in [1.165, 1.54) is 7.11 Å². The molecule has 1 N–H and O–H groups in total. The second-order valence-corrected chi connectivity index (χ2v) is 7.63. The van der Waals surface area contributed by atoms with E-state index >= 15 is 0 Å². The van der Waals surface area contributed by atoms with E-state index in [1.807, 2.05) is 4.90 Å². The van der Waals surface area contributed by atoms with Gasteiger partial charge in [0.15, 0.2) is 23.3 Å². The molecule has 1 fully saturated rings. The highest BCUT2D eigenvalue weighted by molar-refractivity contribution is 6.04. The molecule has 3 aromatic rings. The van der Waals surface area contributed by atoms with Crippen molar-refractivity contribution in [2.24, 2.45) is 0 Å². The summed E-state index contributed by atoms with van der Waals surface area (Å²) in [7, 11) is 1.51. The Labute approximate surface area is 192 Å². The fraction of sp³-hybridized carbons (Fsp3) is 0.208. The number of rotatable bonds is 5. The van der Waals surface area contributed by atoms with Crippen molar-refractivity contribution in [2.75, 3.05) is 48.4 Å². The molecule has 1 heterocycles. The number of hydrogen-bond acceptors (Lipinski definition) is 4. The van der Waals surface area contributed by atoms with Gasteiger partial charge in [-0.1, -0.05) is 6.07 Å².